The average Bonchev–Trinajstić information content (AvgIpc) is 2.01. The first-order valence-corrected chi connectivity index (χ1v) is 5.83. The summed E-state index contributed by atoms with van der Waals surface area (Å²) >= 11 is 0. The molecule has 0 saturated carbocycles. The van der Waals surface area contributed by atoms with Crippen molar-refractivity contribution in [1.29, 1.82) is 0 Å². The molecule has 0 atom stereocenters. The summed E-state index contributed by atoms with van der Waals surface area (Å²) in [6, 6.07) is 0. The van der Waals surface area contributed by atoms with Crippen LogP contribution < -0.4 is 15.8 Å². The van der Waals surface area contributed by atoms with Crippen molar-refractivity contribution in [2.45, 2.75) is 19.3 Å². The number of nitrogens with one attached hydrogen (secondary N) is 3. The molecule has 0 aromatic carbocycles. The molecule has 1 aliphatic heterocycles. The predicted octanol–water partition coefficient (Wildman–Crippen LogP) is 1.07. The Morgan fingerprint density at radius 1 is 1.10 bits per heavy atom. The summed E-state index contributed by atoms with van der Waals surface area (Å²) in [5.41, 5.74) is 5.96. The maximum atomic E-state index is 3.06. The summed E-state index contributed by atoms with van der Waals surface area (Å²) in [5, 5.41) is 0. The minimum Gasteiger partial charge on any atom is -0.243 e. The molecule has 1 rings (SSSR count). The van der Waals surface area contributed by atoms with Gasteiger partial charge in [0.25, 0.3) is 0 Å². The highest BCUT2D eigenvalue weighted by Gasteiger charge is 1.94. The van der Waals surface area contributed by atoms with Crippen LogP contribution in [0.2, 0.25) is 0 Å². The molecule has 3 nitrogen and oxygen atoms in total. The molecule has 0 spiro atoms. The number of hydrogen-bond acceptors (Lipinski definition) is 5. The van der Waals surface area contributed by atoms with E-state index in [2.05, 4.69) is 15.8 Å². The van der Waals surface area contributed by atoms with Crippen LogP contribution in [0.4, 0.5) is 0 Å². The fourth-order valence-corrected chi connectivity index (χ4v) is 2.23. The zero-order chi connectivity index (χ0) is 7.07. The van der Waals surface area contributed by atoms with Gasteiger partial charge in [0, 0.05) is 23.3 Å². The second kappa shape index (κ2) is 6.30. The van der Waals surface area contributed by atoms with E-state index in [1.54, 1.807) is 11.0 Å². The van der Waals surface area contributed by atoms with Crippen molar-refractivity contribution in [2.24, 2.45) is 0 Å². The average molecular weight is 179 g/mol. The van der Waals surface area contributed by atoms with E-state index in [1.807, 2.05) is 10.8 Å². The zero-order valence-corrected chi connectivity index (χ0v) is 7.49. The third-order valence-corrected chi connectivity index (χ3v) is 3.13. The lowest BCUT2D eigenvalue weighted by Crippen LogP contribution is -2.39. The molecule has 5 heteroatoms. The summed E-state index contributed by atoms with van der Waals surface area (Å²) < 4.78 is 0. The summed E-state index contributed by atoms with van der Waals surface area (Å²) in [6.45, 7) is 1.05. The summed E-state index contributed by atoms with van der Waals surface area (Å²) in [7, 11) is 3.50. The van der Waals surface area contributed by atoms with Gasteiger partial charge >= 0.3 is 0 Å². The number of hydrogen-bond donors (Lipinski definition) is 3. The molecule has 60 valence electrons. The first-order chi connectivity index (χ1) is 5.00. The fraction of sp³-hybridized carbons (Fsp3) is 1.00. The summed E-state index contributed by atoms with van der Waals surface area (Å²) in [4.78, 5) is 2.97. The van der Waals surface area contributed by atoms with Gasteiger partial charge in [-0.1, -0.05) is 17.2 Å². The van der Waals surface area contributed by atoms with Gasteiger partial charge in [-0.2, -0.15) is 10.4 Å². The monoisotopic (exact) mass is 179 g/mol. The Labute approximate surface area is 69.6 Å². The number of rotatable bonds is 0. The third kappa shape index (κ3) is 4.40. The van der Waals surface area contributed by atoms with Crippen LogP contribution in [0, 0.1) is 0 Å². The van der Waals surface area contributed by atoms with Gasteiger partial charge in [-0.05, 0) is 12.8 Å². The van der Waals surface area contributed by atoms with Crippen molar-refractivity contribution in [2.75, 3.05) is 12.3 Å². The van der Waals surface area contributed by atoms with Crippen LogP contribution in [0.1, 0.15) is 19.3 Å². The molecule has 0 aromatic heterocycles. The van der Waals surface area contributed by atoms with Crippen LogP contribution in [0.5, 0.6) is 0 Å². The normalized spacial score (nSPS) is 24.0. The maximum absolute atomic E-state index is 3.06. The quantitative estimate of drug-likeness (QED) is 0.383. The van der Waals surface area contributed by atoms with Crippen molar-refractivity contribution >= 4 is 21.8 Å². The Kier molecular flexibility index (Phi) is 5.47. The van der Waals surface area contributed by atoms with Gasteiger partial charge in [0.05, 0.1) is 0 Å². The molecule has 0 radical (unpaired) electrons. The van der Waals surface area contributed by atoms with E-state index in [-0.39, 0.29) is 0 Å². The molecule has 1 fully saturated rings. The van der Waals surface area contributed by atoms with Crippen molar-refractivity contribution in [3.63, 3.8) is 0 Å². The van der Waals surface area contributed by atoms with Crippen LogP contribution in [-0.4, -0.2) is 12.3 Å². The SMILES string of the molecule is C1CCNNNSSCC1. The van der Waals surface area contributed by atoms with Crippen LogP contribution in [0.3, 0.4) is 0 Å². The molecule has 1 aliphatic rings. The highest BCUT2D eigenvalue weighted by molar-refractivity contribution is 8.75. The molecule has 10 heavy (non-hydrogen) atoms. The lowest BCUT2D eigenvalue weighted by atomic mass is 10.2. The smallest absolute Gasteiger partial charge is 0.0113 e. The molecule has 0 aromatic rings. The summed E-state index contributed by atoms with van der Waals surface area (Å²) in [5.74, 6) is 1.25. The molecule has 1 heterocycles. The van der Waals surface area contributed by atoms with E-state index in [1.165, 1.54) is 25.0 Å². The predicted molar refractivity (Wildman–Crippen MR) is 48.2 cm³/mol. The van der Waals surface area contributed by atoms with Gasteiger partial charge in [-0.15, -0.1) is 0 Å². The van der Waals surface area contributed by atoms with Gasteiger partial charge < -0.3 is 0 Å². The highest BCUT2D eigenvalue weighted by Crippen LogP contribution is 2.18. The topological polar surface area (TPSA) is 36.1 Å². The lowest BCUT2D eigenvalue weighted by Gasteiger charge is -2.09. The summed E-state index contributed by atoms with van der Waals surface area (Å²) in [6.07, 6.45) is 3.93. The van der Waals surface area contributed by atoms with Gasteiger partial charge in [0.2, 0.25) is 0 Å². The Morgan fingerprint density at radius 2 is 2.10 bits per heavy atom. The fourth-order valence-electron chi connectivity index (χ4n) is 0.742. The first-order valence-electron chi connectivity index (χ1n) is 3.51. The van der Waals surface area contributed by atoms with Crippen LogP contribution in [0.15, 0.2) is 0 Å². The highest BCUT2D eigenvalue weighted by atomic mass is 33.1. The molecule has 3 N–H and O–H groups in total. The largest absolute Gasteiger partial charge is 0.243 e. The first kappa shape index (κ1) is 8.67. The van der Waals surface area contributed by atoms with E-state index in [4.69, 9.17) is 0 Å². The molecule has 0 aliphatic carbocycles. The molecule has 0 amide bonds. The van der Waals surface area contributed by atoms with E-state index < -0.39 is 0 Å². The van der Waals surface area contributed by atoms with E-state index in [0.29, 0.717) is 0 Å². The van der Waals surface area contributed by atoms with Gasteiger partial charge in [0.15, 0.2) is 0 Å². The van der Waals surface area contributed by atoms with E-state index in [9.17, 15) is 0 Å². The van der Waals surface area contributed by atoms with Crippen molar-refractivity contribution in [1.82, 2.24) is 15.8 Å². The molecular formula is C5H13N3S2. The Hall–Kier alpha value is 0.580. The molecule has 0 bridgehead atoms. The third-order valence-electron chi connectivity index (χ3n) is 1.27. The van der Waals surface area contributed by atoms with Crippen LogP contribution >= 0.6 is 21.8 Å². The second-order valence-electron chi connectivity index (χ2n) is 2.12. The molecule has 1 saturated heterocycles. The van der Waals surface area contributed by atoms with Gasteiger partial charge in [0.1, 0.15) is 0 Å². The minimum absolute atomic E-state index is 1.05. The van der Waals surface area contributed by atoms with Crippen LogP contribution in [-0.2, 0) is 0 Å². The Balaban J connectivity index is 2.00. The minimum atomic E-state index is 1.05. The second-order valence-corrected chi connectivity index (χ2v) is 4.34. The molecular weight excluding hydrogens is 166 g/mol. The maximum Gasteiger partial charge on any atom is 0.0113 e. The van der Waals surface area contributed by atoms with Crippen molar-refractivity contribution in [3.05, 3.63) is 0 Å². The van der Waals surface area contributed by atoms with Crippen molar-refractivity contribution < 1.29 is 0 Å². The van der Waals surface area contributed by atoms with Gasteiger partial charge in [-0.3, -0.25) is 0 Å². The van der Waals surface area contributed by atoms with Crippen molar-refractivity contribution in [3.8, 4) is 0 Å². The molecule has 0 unspecified atom stereocenters. The van der Waals surface area contributed by atoms with E-state index >= 15 is 0 Å². The Morgan fingerprint density at radius 3 is 3.10 bits per heavy atom. The zero-order valence-electron chi connectivity index (χ0n) is 5.85. The van der Waals surface area contributed by atoms with Gasteiger partial charge in [-0.25, -0.2) is 5.43 Å². The number of hydrazine groups is 2. The lowest BCUT2D eigenvalue weighted by molar-refractivity contribution is 0.502. The Bertz CT molecular complexity index is 48.1. The van der Waals surface area contributed by atoms with E-state index in [0.717, 1.165) is 6.54 Å². The van der Waals surface area contributed by atoms with Crippen LogP contribution in [0.25, 0.3) is 0 Å². The standard InChI is InChI=1S/C5H13N3S2/c1-2-4-6-7-8-10-9-5-3-1/h6-8H,1-5H2.